The molecule has 0 radical (unpaired) electrons. The molecule has 5 heteroatoms. The SMILES string of the molecule is CCC[C@H](C)NC(=O)C(=O)c1c(-c2ccc(Cl)cc2)cc2ccccn12. The number of pyridine rings is 1. The summed E-state index contributed by atoms with van der Waals surface area (Å²) in [7, 11) is 0. The molecule has 0 spiro atoms. The van der Waals surface area contributed by atoms with E-state index in [0.717, 1.165) is 29.5 Å². The van der Waals surface area contributed by atoms with E-state index < -0.39 is 11.7 Å². The summed E-state index contributed by atoms with van der Waals surface area (Å²) in [6.45, 7) is 3.95. The Hall–Kier alpha value is -2.59. The smallest absolute Gasteiger partial charge is 0.294 e. The molecule has 3 rings (SSSR count). The highest BCUT2D eigenvalue weighted by molar-refractivity contribution is 6.43. The van der Waals surface area contributed by atoms with E-state index in [0.29, 0.717) is 10.7 Å². The van der Waals surface area contributed by atoms with Crippen molar-refractivity contribution in [1.82, 2.24) is 9.72 Å². The number of hydrogen-bond acceptors (Lipinski definition) is 2. The van der Waals surface area contributed by atoms with Gasteiger partial charge in [-0.15, -0.1) is 0 Å². The van der Waals surface area contributed by atoms with Crippen LogP contribution in [0, 0.1) is 0 Å². The second kappa shape index (κ2) is 7.75. The molecule has 4 nitrogen and oxygen atoms in total. The van der Waals surface area contributed by atoms with Crippen molar-refractivity contribution in [3.8, 4) is 11.1 Å². The van der Waals surface area contributed by atoms with Gasteiger partial charge >= 0.3 is 0 Å². The quantitative estimate of drug-likeness (QED) is 0.504. The highest BCUT2D eigenvalue weighted by Crippen LogP contribution is 2.29. The number of amides is 1. The van der Waals surface area contributed by atoms with Gasteiger partial charge in [0.1, 0.15) is 5.69 Å². The molecular weight excluding hydrogens is 348 g/mol. The van der Waals surface area contributed by atoms with Crippen molar-refractivity contribution in [3.63, 3.8) is 0 Å². The Morgan fingerprint density at radius 3 is 2.58 bits per heavy atom. The first-order valence-corrected chi connectivity index (χ1v) is 9.10. The van der Waals surface area contributed by atoms with Crippen LogP contribution in [0.4, 0.5) is 0 Å². The standard InChI is InChI=1S/C21H21ClN2O2/c1-3-6-14(2)23-21(26)20(25)19-18(15-8-10-16(22)11-9-15)13-17-7-4-5-12-24(17)19/h4-5,7-14H,3,6H2,1-2H3,(H,23,26)/t14-/m0/s1. The molecule has 0 saturated carbocycles. The lowest BCUT2D eigenvalue weighted by molar-refractivity contribution is -0.117. The summed E-state index contributed by atoms with van der Waals surface area (Å²) in [6.07, 6.45) is 3.57. The third-order valence-corrected chi connectivity index (χ3v) is 4.61. The summed E-state index contributed by atoms with van der Waals surface area (Å²) in [5.41, 5.74) is 2.78. The van der Waals surface area contributed by atoms with Gasteiger partial charge in [-0.1, -0.05) is 43.1 Å². The third kappa shape index (κ3) is 3.65. The lowest BCUT2D eigenvalue weighted by atomic mass is 10.0. The molecule has 1 aromatic carbocycles. The van der Waals surface area contributed by atoms with Gasteiger partial charge in [0.2, 0.25) is 0 Å². The van der Waals surface area contributed by atoms with E-state index in [9.17, 15) is 9.59 Å². The topological polar surface area (TPSA) is 50.6 Å². The second-order valence-electron chi connectivity index (χ2n) is 6.40. The van der Waals surface area contributed by atoms with Crippen LogP contribution in [0.3, 0.4) is 0 Å². The van der Waals surface area contributed by atoms with Crippen LogP contribution in [0.2, 0.25) is 5.02 Å². The number of rotatable bonds is 6. The molecule has 0 bridgehead atoms. The highest BCUT2D eigenvalue weighted by atomic mass is 35.5. The summed E-state index contributed by atoms with van der Waals surface area (Å²) in [4.78, 5) is 25.5. The van der Waals surface area contributed by atoms with E-state index >= 15 is 0 Å². The fourth-order valence-electron chi connectivity index (χ4n) is 3.11. The summed E-state index contributed by atoms with van der Waals surface area (Å²) >= 11 is 5.98. The lowest BCUT2D eigenvalue weighted by Gasteiger charge is -2.13. The van der Waals surface area contributed by atoms with Crippen LogP contribution in [0.5, 0.6) is 0 Å². The summed E-state index contributed by atoms with van der Waals surface area (Å²) in [6, 6.07) is 14.8. The van der Waals surface area contributed by atoms with E-state index in [1.807, 2.05) is 50.2 Å². The maximum absolute atomic E-state index is 13.0. The second-order valence-corrected chi connectivity index (χ2v) is 6.84. The number of Topliss-reactive ketones (excluding diaryl/α,β-unsaturated/α-hetero) is 1. The first kappa shape index (κ1) is 18.2. The number of aromatic nitrogens is 1. The molecule has 1 atom stereocenters. The number of carbonyl (C=O) groups excluding carboxylic acids is 2. The summed E-state index contributed by atoms with van der Waals surface area (Å²) in [5, 5.41) is 3.42. The van der Waals surface area contributed by atoms with Crippen molar-refractivity contribution in [1.29, 1.82) is 0 Å². The van der Waals surface area contributed by atoms with E-state index in [-0.39, 0.29) is 6.04 Å². The number of nitrogens with one attached hydrogen (secondary N) is 1. The van der Waals surface area contributed by atoms with Gasteiger partial charge in [-0.2, -0.15) is 0 Å². The van der Waals surface area contributed by atoms with Gasteiger partial charge in [-0.3, -0.25) is 9.59 Å². The minimum atomic E-state index is -0.579. The largest absolute Gasteiger partial charge is 0.347 e. The molecule has 0 aliphatic carbocycles. The van der Waals surface area contributed by atoms with Crippen LogP contribution in [-0.2, 0) is 4.79 Å². The molecule has 134 valence electrons. The zero-order chi connectivity index (χ0) is 18.7. The van der Waals surface area contributed by atoms with E-state index in [1.165, 1.54) is 0 Å². The van der Waals surface area contributed by atoms with Gasteiger partial charge in [0.25, 0.3) is 11.7 Å². The van der Waals surface area contributed by atoms with Gasteiger partial charge < -0.3 is 9.72 Å². The fourth-order valence-corrected chi connectivity index (χ4v) is 3.23. The molecule has 1 N–H and O–H groups in total. The van der Waals surface area contributed by atoms with Crippen LogP contribution < -0.4 is 5.32 Å². The predicted octanol–water partition coefficient (Wildman–Crippen LogP) is 4.75. The van der Waals surface area contributed by atoms with Gasteiger partial charge in [-0.05, 0) is 49.2 Å². The Morgan fingerprint density at radius 2 is 1.88 bits per heavy atom. The summed E-state index contributed by atoms with van der Waals surface area (Å²) in [5.74, 6) is -1.12. The average Bonchev–Trinajstić information content (AvgIpc) is 3.01. The summed E-state index contributed by atoms with van der Waals surface area (Å²) < 4.78 is 1.76. The number of carbonyl (C=O) groups is 2. The number of nitrogens with zero attached hydrogens (tertiary/aromatic N) is 1. The first-order chi connectivity index (χ1) is 12.5. The van der Waals surface area contributed by atoms with Gasteiger partial charge in [-0.25, -0.2) is 0 Å². The Balaban J connectivity index is 2.05. The van der Waals surface area contributed by atoms with Crippen molar-refractivity contribution >= 4 is 28.8 Å². The normalized spacial score (nSPS) is 12.1. The van der Waals surface area contributed by atoms with E-state index in [1.54, 1.807) is 22.7 Å². The van der Waals surface area contributed by atoms with Crippen LogP contribution >= 0.6 is 11.6 Å². The number of fused-ring (bicyclic) bond motifs is 1. The van der Waals surface area contributed by atoms with Crippen LogP contribution in [0.25, 0.3) is 16.6 Å². The molecule has 0 aliphatic rings. The molecule has 2 aromatic heterocycles. The Labute approximate surface area is 157 Å². The molecule has 1 amide bonds. The molecular formula is C21H21ClN2O2. The number of hydrogen-bond donors (Lipinski definition) is 1. The van der Waals surface area contributed by atoms with Crippen molar-refractivity contribution in [3.05, 3.63) is 65.4 Å². The van der Waals surface area contributed by atoms with Gasteiger partial charge in [0.05, 0.1) is 0 Å². The zero-order valence-corrected chi connectivity index (χ0v) is 15.6. The van der Waals surface area contributed by atoms with E-state index in [2.05, 4.69) is 5.32 Å². The lowest BCUT2D eigenvalue weighted by Crippen LogP contribution is -2.38. The molecule has 0 fully saturated rings. The maximum atomic E-state index is 13.0. The number of halogens is 1. The zero-order valence-electron chi connectivity index (χ0n) is 14.8. The van der Waals surface area contributed by atoms with E-state index in [4.69, 9.17) is 11.6 Å². The van der Waals surface area contributed by atoms with Crippen LogP contribution in [0.15, 0.2) is 54.7 Å². The van der Waals surface area contributed by atoms with Crippen molar-refractivity contribution in [2.24, 2.45) is 0 Å². The molecule has 26 heavy (non-hydrogen) atoms. The average molecular weight is 369 g/mol. The monoisotopic (exact) mass is 368 g/mol. The van der Waals surface area contributed by atoms with Crippen molar-refractivity contribution in [2.45, 2.75) is 32.7 Å². The van der Waals surface area contributed by atoms with Crippen molar-refractivity contribution in [2.75, 3.05) is 0 Å². The molecule has 3 aromatic rings. The predicted molar refractivity (Wildman–Crippen MR) is 105 cm³/mol. The molecule has 2 heterocycles. The van der Waals surface area contributed by atoms with Gasteiger partial charge in [0, 0.05) is 28.3 Å². The van der Waals surface area contributed by atoms with Crippen LogP contribution in [0.1, 0.15) is 37.2 Å². The minimum Gasteiger partial charge on any atom is -0.347 e. The number of ketones is 1. The molecule has 0 unspecified atom stereocenters. The first-order valence-electron chi connectivity index (χ1n) is 8.72. The Kier molecular flexibility index (Phi) is 5.43. The minimum absolute atomic E-state index is 0.0401. The Bertz CT molecular complexity index is 944. The van der Waals surface area contributed by atoms with Gasteiger partial charge in [0.15, 0.2) is 0 Å². The van der Waals surface area contributed by atoms with Crippen LogP contribution in [-0.4, -0.2) is 22.1 Å². The maximum Gasteiger partial charge on any atom is 0.294 e. The van der Waals surface area contributed by atoms with Crippen molar-refractivity contribution < 1.29 is 9.59 Å². The third-order valence-electron chi connectivity index (χ3n) is 4.36. The molecule has 0 aliphatic heterocycles. The Morgan fingerprint density at radius 1 is 1.15 bits per heavy atom. The fraction of sp³-hybridized carbons (Fsp3) is 0.238. The number of benzene rings is 1. The molecule has 0 saturated heterocycles. The highest BCUT2D eigenvalue weighted by Gasteiger charge is 2.25.